The standard InChI is InChI=1S/C17H25N3O2/c1-22-15-6-4-14(5-7-15)17(13-2-3-13)19-16(21)12-20-10-8-18-9-11-20/h4-7,13,17-18H,2-3,8-12H2,1H3,(H,19,21). The highest BCUT2D eigenvalue weighted by molar-refractivity contribution is 5.78. The van der Waals surface area contributed by atoms with E-state index >= 15 is 0 Å². The molecule has 0 spiro atoms. The van der Waals surface area contributed by atoms with Crippen molar-refractivity contribution in [2.45, 2.75) is 18.9 Å². The Morgan fingerprint density at radius 3 is 2.59 bits per heavy atom. The van der Waals surface area contributed by atoms with Gasteiger partial charge in [-0.05, 0) is 36.5 Å². The van der Waals surface area contributed by atoms with E-state index in [1.54, 1.807) is 7.11 Å². The normalized spacial score (nSPS) is 20.4. The topological polar surface area (TPSA) is 53.6 Å². The lowest BCUT2D eigenvalue weighted by Crippen LogP contribution is -2.48. The molecule has 120 valence electrons. The number of carbonyl (C=O) groups excluding carboxylic acids is 1. The van der Waals surface area contributed by atoms with Crippen LogP contribution in [0.15, 0.2) is 24.3 Å². The van der Waals surface area contributed by atoms with Crippen LogP contribution in [0.25, 0.3) is 0 Å². The maximum atomic E-state index is 12.4. The first-order valence-corrected chi connectivity index (χ1v) is 8.12. The highest BCUT2D eigenvalue weighted by atomic mass is 16.5. The van der Waals surface area contributed by atoms with Gasteiger partial charge in [0.25, 0.3) is 0 Å². The third kappa shape index (κ3) is 3.99. The molecule has 1 heterocycles. The summed E-state index contributed by atoms with van der Waals surface area (Å²) in [7, 11) is 1.67. The van der Waals surface area contributed by atoms with Gasteiger partial charge in [-0.25, -0.2) is 0 Å². The van der Waals surface area contributed by atoms with Crippen LogP contribution in [0.1, 0.15) is 24.4 Å². The fraction of sp³-hybridized carbons (Fsp3) is 0.588. The second-order valence-electron chi connectivity index (χ2n) is 6.18. The van der Waals surface area contributed by atoms with Crippen molar-refractivity contribution in [2.75, 3.05) is 39.8 Å². The molecule has 2 fully saturated rings. The highest BCUT2D eigenvalue weighted by Gasteiger charge is 2.33. The van der Waals surface area contributed by atoms with Crippen molar-refractivity contribution < 1.29 is 9.53 Å². The van der Waals surface area contributed by atoms with E-state index in [-0.39, 0.29) is 11.9 Å². The number of amides is 1. The molecule has 3 rings (SSSR count). The van der Waals surface area contributed by atoms with Crippen LogP contribution in [0.3, 0.4) is 0 Å². The number of benzene rings is 1. The zero-order valence-electron chi connectivity index (χ0n) is 13.2. The third-order valence-corrected chi connectivity index (χ3v) is 4.46. The summed E-state index contributed by atoms with van der Waals surface area (Å²) < 4.78 is 5.21. The van der Waals surface area contributed by atoms with E-state index in [0.29, 0.717) is 12.5 Å². The van der Waals surface area contributed by atoms with Gasteiger partial charge in [-0.2, -0.15) is 0 Å². The van der Waals surface area contributed by atoms with Crippen molar-refractivity contribution in [3.05, 3.63) is 29.8 Å². The van der Waals surface area contributed by atoms with E-state index in [0.717, 1.165) is 31.9 Å². The molecule has 1 aromatic rings. The average molecular weight is 303 g/mol. The van der Waals surface area contributed by atoms with Crippen LogP contribution in [0, 0.1) is 5.92 Å². The van der Waals surface area contributed by atoms with Gasteiger partial charge in [0.05, 0.1) is 19.7 Å². The Hall–Kier alpha value is -1.59. The highest BCUT2D eigenvalue weighted by Crippen LogP contribution is 2.41. The molecule has 1 aromatic carbocycles. The molecule has 1 unspecified atom stereocenters. The minimum atomic E-state index is 0.134. The summed E-state index contributed by atoms with van der Waals surface area (Å²) in [6, 6.07) is 8.20. The molecule has 1 amide bonds. The molecule has 1 aliphatic carbocycles. The fourth-order valence-electron chi connectivity index (χ4n) is 3.01. The Kier molecular flexibility index (Phi) is 4.95. The Morgan fingerprint density at radius 2 is 2.00 bits per heavy atom. The zero-order valence-corrected chi connectivity index (χ0v) is 13.2. The van der Waals surface area contributed by atoms with Crippen LogP contribution in [-0.4, -0.2) is 50.6 Å². The largest absolute Gasteiger partial charge is 0.497 e. The molecule has 5 nitrogen and oxygen atoms in total. The number of rotatable bonds is 6. The fourth-order valence-corrected chi connectivity index (χ4v) is 3.01. The summed E-state index contributed by atoms with van der Waals surface area (Å²) in [6.45, 7) is 4.34. The number of nitrogens with one attached hydrogen (secondary N) is 2. The third-order valence-electron chi connectivity index (χ3n) is 4.46. The predicted octanol–water partition coefficient (Wildman–Crippen LogP) is 1.17. The van der Waals surface area contributed by atoms with Crippen LogP contribution in [0.2, 0.25) is 0 Å². The van der Waals surface area contributed by atoms with Gasteiger partial charge in [0, 0.05) is 26.2 Å². The van der Waals surface area contributed by atoms with Gasteiger partial charge in [0.1, 0.15) is 5.75 Å². The lowest BCUT2D eigenvalue weighted by Gasteiger charge is -2.27. The number of piperazine rings is 1. The van der Waals surface area contributed by atoms with Crippen molar-refractivity contribution in [2.24, 2.45) is 5.92 Å². The number of nitrogens with zero attached hydrogens (tertiary/aromatic N) is 1. The van der Waals surface area contributed by atoms with E-state index in [2.05, 4.69) is 27.7 Å². The van der Waals surface area contributed by atoms with Gasteiger partial charge in [-0.3, -0.25) is 9.69 Å². The quantitative estimate of drug-likeness (QED) is 0.828. The summed E-state index contributed by atoms with van der Waals surface area (Å²) in [6.07, 6.45) is 2.40. The Labute approximate surface area is 132 Å². The summed E-state index contributed by atoms with van der Waals surface area (Å²) >= 11 is 0. The SMILES string of the molecule is COc1ccc(C(NC(=O)CN2CCNCC2)C2CC2)cc1. The molecule has 1 atom stereocenters. The molecular weight excluding hydrogens is 278 g/mol. The Morgan fingerprint density at radius 1 is 1.32 bits per heavy atom. The van der Waals surface area contributed by atoms with E-state index in [1.807, 2.05) is 12.1 Å². The van der Waals surface area contributed by atoms with Crippen molar-refractivity contribution >= 4 is 5.91 Å². The van der Waals surface area contributed by atoms with Gasteiger partial charge < -0.3 is 15.4 Å². The van der Waals surface area contributed by atoms with Crippen LogP contribution in [0.5, 0.6) is 5.75 Å². The number of hydrogen-bond acceptors (Lipinski definition) is 4. The lowest BCUT2D eigenvalue weighted by atomic mass is 10.0. The molecule has 2 N–H and O–H groups in total. The summed E-state index contributed by atoms with van der Waals surface area (Å²) in [5, 5.41) is 6.55. The van der Waals surface area contributed by atoms with Crippen molar-refractivity contribution in [3.8, 4) is 5.75 Å². The van der Waals surface area contributed by atoms with Crippen molar-refractivity contribution in [3.63, 3.8) is 0 Å². The second kappa shape index (κ2) is 7.11. The van der Waals surface area contributed by atoms with Crippen molar-refractivity contribution in [1.29, 1.82) is 0 Å². The Bertz CT molecular complexity index is 493. The lowest BCUT2D eigenvalue weighted by molar-refractivity contribution is -0.123. The Balaban J connectivity index is 1.59. The van der Waals surface area contributed by atoms with Gasteiger partial charge in [-0.15, -0.1) is 0 Å². The second-order valence-corrected chi connectivity index (χ2v) is 6.18. The molecule has 1 saturated carbocycles. The monoisotopic (exact) mass is 303 g/mol. The molecular formula is C17H25N3O2. The minimum absolute atomic E-state index is 0.134. The van der Waals surface area contributed by atoms with Gasteiger partial charge in [0.2, 0.25) is 5.91 Å². The maximum absolute atomic E-state index is 12.4. The smallest absolute Gasteiger partial charge is 0.234 e. The zero-order chi connectivity index (χ0) is 15.4. The molecule has 0 aromatic heterocycles. The van der Waals surface area contributed by atoms with Crippen LogP contribution < -0.4 is 15.4 Å². The number of hydrogen-bond donors (Lipinski definition) is 2. The van der Waals surface area contributed by atoms with Crippen LogP contribution in [-0.2, 0) is 4.79 Å². The van der Waals surface area contributed by atoms with Crippen LogP contribution in [0.4, 0.5) is 0 Å². The van der Waals surface area contributed by atoms with Crippen LogP contribution >= 0.6 is 0 Å². The van der Waals surface area contributed by atoms with Gasteiger partial charge >= 0.3 is 0 Å². The first-order chi connectivity index (χ1) is 10.8. The van der Waals surface area contributed by atoms with Crippen molar-refractivity contribution in [1.82, 2.24) is 15.5 Å². The summed E-state index contributed by atoms with van der Waals surface area (Å²) in [4.78, 5) is 14.6. The molecule has 1 aliphatic heterocycles. The van der Waals surface area contributed by atoms with Gasteiger partial charge in [0.15, 0.2) is 0 Å². The summed E-state index contributed by atoms with van der Waals surface area (Å²) in [5.74, 6) is 1.57. The first-order valence-electron chi connectivity index (χ1n) is 8.12. The van der Waals surface area contributed by atoms with E-state index < -0.39 is 0 Å². The molecule has 2 aliphatic rings. The molecule has 0 radical (unpaired) electrons. The molecule has 5 heteroatoms. The summed E-state index contributed by atoms with van der Waals surface area (Å²) in [5.41, 5.74) is 1.18. The average Bonchev–Trinajstić information content (AvgIpc) is 3.38. The van der Waals surface area contributed by atoms with E-state index in [1.165, 1.54) is 18.4 Å². The molecule has 1 saturated heterocycles. The van der Waals surface area contributed by atoms with E-state index in [9.17, 15) is 4.79 Å². The minimum Gasteiger partial charge on any atom is -0.497 e. The first kappa shape index (κ1) is 15.3. The number of methoxy groups -OCH3 is 1. The van der Waals surface area contributed by atoms with Gasteiger partial charge in [-0.1, -0.05) is 12.1 Å². The number of ether oxygens (including phenoxy) is 1. The maximum Gasteiger partial charge on any atom is 0.234 e. The molecule has 0 bridgehead atoms. The molecule has 22 heavy (non-hydrogen) atoms. The van der Waals surface area contributed by atoms with E-state index in [4.69, 9.17) is 4.74 Å². The predicted molar refractivity (Wildman–Crippen MR) is 85.9 cm³/mol. The number of carbonyl (C=O) groups is 1.